The van der Waals surface area contributed by atoms with Crippen LogP contribution in [0.1, 0.15) is 20.8 Å². The molecular weight excluding hydrogens is 506 g/mol. The molecule has 0 fully saturated rings. The second-order valence-corrected chi connectivity index (χ2v) is 10.4. The van der Waals surface area contributed by atoms with E-state index in [9.17, 15) is 9.59 Å². The van der Waals surface area contributed by atoms with Gasteiger partial charge in [0.2, 0.25) is 5.91 Å². The molecule has 0 aliphatic carbocycles. The van der Waals surface area contributed by atoms with E-state index < -0.39 is 0 Å². The standard InChI is InChI=1S/C28H27N3O4S2/c1-17-8-10-19(11-9-17)26-18(2)37-28(31-26)30-24(32)16-36-21-14-12-20(13-15-21)29-27(33)25-22(34-3)6-5-7-23(25)35-4/h5-15H,16H2,1-4H3,(H,29,33)(H,30,31,32). The highest BCUT2D eigenvalue weighted by molar-refractivity contribution is 8.00. The number of hydrogen-bond donors (Lipinski definition) is 2. The second-order valence-electron chi connectivity index (χ2n) is 8.14. The zero-order chi connectivity index (χ0) is 26.4. The van der Waals surface area contributed by atoms with Crippen LogP contribution in [-0.2, 0) is 4.79 Å². The maximum atomic E-state index is 12.8. The molecule has 7 nitrogen and oxygen atoms in total. The summed E-state index contributed by atoms with van der Waals surface area (Å²) in [5.74, 6) is 0.628. The lowest BCUT2D eigenvalue weighted by atomic mass is 10.1. The number of rotatable bonds is 9. The minimum absolute atomic E-state index is 0.130. The van der Waals surface area contributed by atoms with Crippen LogP contribution in [0.4, 0.5) is 10.8 Å². The summed E-state index contributed by atoms with van der Waals surface area (Å²) in [6.45, 7) is 4.05. The van der Waals surface area contributed by atoms with Crippen molar-refractivity contribution in [2.45, 2.75) is 18.7 Å². The molecule has 1 aromatic heterocycles. The SMILES string of the molecule is COc1cccc(OC)c1C(=O)Nc1ccc(SCC(=O)Nc2nc(-c3ccc(C)cc3)c(C)s2)cc1. The van der Waals surface area contributed by atoms with Crippen molar-refractivity contribution in [3.63, 3.8) is 0 Å². The molecule has 0 unspecified atom stereocenters. The van der Waals surface area contributed by atoms with E-state index in [0.717, 1.165) is 21.0 Å². The number of aryl methyl sites for hydroxylation is 2. The van der Waals surface area contributed by atoms with E-state index in [1.165, 1.54) is 42.9 Å². The van der Waals surface area contributed by atoms with Crippen LogP contribution in [0.3, 0.4) is 0 Å². The van der Waals surface area contributed by atoms with Gasteiger partial charge in [0.15, 0.2) is 5.13 Å². The van der Waals surface area contributed by atoms with Gasteiger partial charge in [0.1, 0.15) is 17.1 Å². The molecule has 0 spiro atoms. The van der Waals surface area contributed by atoms with E-state index >= 15 is 0 Å². The molecule has 2 amide bonds. The molecule has 0 atom stereocenters. The van der Waals surface area contributed by atoms with Gasteiger partial charge in [-0.1, -0.05) is 35.9 Å². The van der Waals surface area contributed by atoms with Crippen molar-refractivity contribution in [2.75, 3.05) is 30.6 Å². The number of anilines is 2. The Balaban J connectivity index is 1.33. The van der Waals surface area contributed by atoms with E-state index in [2.05, 4.69) is 27.8 Å². The van der Waals surface area contributed by atoms with Gasteiger partial charge in [-0.05, 0) is 50.2 Å². The van der Waals surface area contributed by atoms with Gasteiger partial charge in [0, 0.05) is 21.0 Å². The Kier molecular flexibility index (Phi) is 8.47. The quantitative estimate of drug-likeness (QED) is 0.241. The number of thioether (sulfide) groups is 1. The number of benzene rings is 3. The Morgan fingerprint density at radius 2 is 1.54 bits per heavy atom. The predicted molar refractivity (Wildman–Crippen MR) is 150 cm³/mol. The number of amides is 2. The zero-order valence-corrected chi connectivity index (χ0v) is 22.6. The fraction of sp³-hybridized carbons (Fsp3) is 0.179. The number of carbonyl (C=O) groups is 2. The second kappa shape index (κ2) is 11.9. The number of methoxy groups -OCH3 is 2. The summed E-state index contributed by atoms with van der Waals surface area (Å²) in [6.07, 6.45) is 0. The van der Waals surface area contributed by atoms with Crippen LogP contribution < -0.4 is 20.1 Å². The van der Waals surface area contributed by atoms with Crippen LogP contribution in [0.25, 0.3) is 11.3 Å². The van der Waals surface area contributed by atoms with Crippen LogP contribution >= 0.6 is 23.1 Å². The highest BCUT2D eigenvalue weighted by Gasteiger charge is 2.18. The third-order valence-corrected chi connectivity index (χ3v) is 7.40. The first-order valence-electron chi connectivity index (χ1n) is 11.5. The number of ether oxygens (including phenoxy) is 2. The molecule has 3 aromatic carbocycles. The summed E-state index contributed by atoms with van der Waals surface area (Å²) in [5, 5.41) is 6.35. The summed E-state index contributed by atoms with van der Waals surface area (Å²) in [6, 6.07) is 20.6. The Bertz CT molecular complexity index is 1380. The lowest BCUT2D eigenvalue weighted by molar-refractivity contribution is -0.113. The fourth-order valence-electron chi connectivity index (χ4n) is 3.64. The Morgan fingerprint density at radius 1 is 0.892 bits per heavy atom. The lowest BCUT2D eigenvalue weighted by Gasteiger charge is -2.13. The topological polar surface area (TPSA) is 89.5 Å². The third-order valence-electron chi connectivity index (χ3n) is 5.50. The van der Waals surface area contributed by atoms with Gasteiger partial charge in [-0.2, -0.15) is 0 Å². The van der Waals surface area contributed by atoms with Crippen LogP contribution in [0.2, 0.25) is 0 Å². The minimum atomic E-state index is -0.335. The van der Waals surface area contributed by atoms with Gasteiger partial charge >= 0.3 is 0 Å². The Hall–Kier alpha value is -3.82. The molecule has 0 saturated carbocycles. The number of nitrogens with one attached hydrogen (secondary N) is 2. The third kappa shape index (κ3) is 6.49. The fourth-order valence-corrected chi connectivity index (χ4v) is 5.19. The highest BCUT2D eigenvalue weighted by atomic mass is 32.2. The molecular formula is C28H27N3O4S2. The van der Waals surface area contributed by atoms with Crippen molar-refractivity contribution in [3.05, 3.63) is 82.7 Å². The first-order valence-corrected chi connectivity index (χ1v) is 13.3. The lowest BCUT2D eigenvalue weighted by Crippen LogP contribution is -2.14. The number of aromatic nitrogens is 1. The Labute approximate surface area is 224 Å². The molecule has 37 heavy (non-hydrogen) atoms. The minimum Gasteiger partial charge on any atom is -0.496 e. The van der Waals surface area contributed by atoms with Crippen LogP contribution in [0.15, 0.2) is 71.6 Å². The van der Waals surface area contributed by atoms with Crippen molar-refractivity contribution >= 4 is 45.7 Å². The van der Waals surface area contributed by atoms with Crippen LogP contribution in [0.5, 0.6) is 11.5 Å². The molecule has 4 rings (SSSR count). The average molecular weight is 534 g/mol. The van der Waals surface area contributed by atoms with E-state index in [1.807, 2.05) is 38.1 Å². The van der Waals surface area contributed by atoms with Crippen molar-refractivity contribution < 1.29 is 19.1 Å². The van der Waals surface area contributed by atoms with Crippen LogP contribution in [0, 0.1) is 13.8 Å². The summed E-state index contributed by atoms with van der Waals surface area (Å²) in [5.41, 5.74) is 4.05. The van der Waals surface area contributed by atoms with E-state index in [1.54, 1.807) is 30.3 Å². The monoisotopic (exact) mass is 533 g/mol. The highest BCUT2D eigenvalue weighted by Crippen LogP contribution is 2.31. The van der Waals surface area contributed by atoms with Gasteiger partial charge in [-0.3, -0.25) is 9.59 Å². The molecule has 0 bridgehead atoms. The average Bonchev–Trinajstić information content (AvgIpc) is 3.27. The van der Waals surface area contributed by atoms with E-state index in [0.29, 0.717) is 27.9 Å². The van der Waals surface area contributed by atoms with E-state index in [4.69, 9.17) is 9.47 Å². The van der Waals surface area contributed by atoms with Gasteiger partial charge in [0.05, 0.1) is 25.7 Å². The summed E-state index contributed by atoms with van der Waals surface area (Å²) in [7, 11) is 3.01. The first kappa shape index (κ1) is 26.2. The molecule has 0 aliphatic heterocycles. The molecule has 4 aromatic rings. The molecule has 0 radical (unpaired) electrons. The van der Waals surface area contributed by atoms with Gasteiger partial charge in [-0.15, -0.1) is 23.1 Å². The van der Waals surface area contributed by atoms with Crippen molar-refractivity contribution in [1.29, 1.82) is 0 Å². The number of thiazole rings is 1. The molecule has 190 valence electrons. The smallest absolute Gasteiger partial charge is 0.263 e. The van der Waals surface area contributed by atoms with E-state index in [-0.39, 0.29) is 17.6 Å². The van der Waals surface area contributed by atoms with Gasteiger partial charge in [-0.25, -0.2) is 4.98 Å². The van der Waals surface area contributed by atoms with Crippen molar-refractivity contribution in [1.82, 2.24) is 4.98 Å². The molecule has 1 heterocycles. The molecule has 0 aliphatic rings. The van der Waals surface area contributed by atoms with Gasteiger partial charge in [0.25, 0.3) is 5.91 Å². The predicted octanol–water partition coefficient (Wildman–Crippen LogP) is 6.43. The van der Waals surface area contributed by atoms with Crippen molar-refractivity contribution in [2.24, 2.45) is 0 Å². The zero-order valence-electron chi connectivity index (χ0n) is 21.0. The van der Waals surface area contributed by atoms with Gasteiger partial charge < -0.3 is 20.1 Å². The number of hydrogen-bond acceptors (Lipinski definition) is 7. The molecule has 0 saturated heterocycles. The maximum Gasteiger partial charge on any atom is 0.263 e. The number of carbonyl (C=O) groups excluding carboxylic acids is 2. The largest absolute Gasteiger partial charge is 0.496 e. The summed E-state index contributed by atoms with van der Waals surface area (Å²) >= 11 is 2.87. The summed E-state index contributed by atoms with van der Waals surface area (Å²) in [4.78, 5) is 31.9. The van der Waals surface area contributed by atoms with Crippen molar-refractivity contribution in [3.8, 4) is 22.8 Å². The maximum absolute atomic E-state index is 12.8. The summed E-state index contributed by atoms with van der Waals surface area (Å²) < 4.78 is 10.6. The normalized spacial score (nSPS) is 10.6. The number of nitrogens with zero attached hydrogens (tertiary/aromatic N) is 1. The Morgan fingerprint density at radius 3 is 2.16 bits per heavy atom. The first-order chi connectivity index (χ1) is 17.9. The molecule has 9 heteroatoms. The van der Waals surface area contributed by atoms with Crippen LogP contribution in [-0.4, -0.2) is 36.8 Å². The molecule has 2 N–H and O–H groups in total.